The van der Waals surface area contributed by atoms with Gasteiger partial charge in [0.25, 0.3) is 0 Å². The Hall–Kier alpha value is -0.180. The second kappa shape index (κ2) is 7.47. The molecule has 0 atom stereocenters. The van der Waals surface area contributed by atoms with E-state index in [4.69, 9.17) is 0 Å². The van der Waals surface area contributed by atoms with Crippen molar-refractivity contribution in [2.24, 2.45) is 5.92 Å². The van der Waals surface area contributed by atoms with Crippen LogP contribution in [0, 0.1) is 5.92 Å². The van der Waals surface area contributed by atoms with E-state index in [-0.39, 0.29) is 5.91 Å². The van der Waals surface area contributed by atoms with E-state index in [0.717, 1.165) is 19.4 Å². The molecular formula is C9H19NOS. The maximum atomic E-state index is 11.0. The fraction of sp³-hybridized carbons (Fsp3) is 0.889. The predicted octanol–water partition coefficient (Wildman–Crippen LogP) is 1.90. The predicted molar refractivity (Wildman–Crippen MR) is 55.5 cm³/mol. The maximum Gasteiger partial charge on any atom is 0.229 e. The maximum absolute atomic E-state index is 11.0. The number of rotatable bonds is 6. The fourth-order valence-corrected chi connectivity index (χ4v) is 1.38. The second-order valence-corrected chi connectivity index (χ2v) is 3.79. The number of nitrogens with one attached hydrogen (secondary N) is 1. The van der Waals surface area contributed by atoms with Gasteiger partial charge < -0.3 is 5.32 Å². The molecule has 0 saturated carbocycles. The van der Waals surface area contributed by atoms with Crippen molar-refractivity contribution in [3.05, 3.63) is 0 Å². The summed E-state index contributed by atoms with van der Waals surface area (Å²) in [5, 5.41) is 2.93. The molecule has 0 aromatic carbocycles. The Labute approximate surface area is 79.5 Å². The molecular weight excluding hydrogens is 170 g/mol. The lowest BCUT2D eigenvalue weighted by atomic mass is 10.0. The first-order valence-electron chi connectivity index (χ1n) is 4.50. The molecule has 1 N–H and O–H groups in total. The highest BCUT2D eigenvalue weighted by atomic mass is 32.2. The largest absolute Gasteiger partial charge is 0.355 e. The van der Waals surface area contributed by atoms with Gasteiger partial charge in [-0.2, -0.15) is 11.8 Å². The smallest absolute Gasteiger partial charge is 0.229 e. The summed E-state index contributed by atoms with van der Waals surface area (Å²) >= 11 is 1.56. The van der Waals surface area contributed by atoms with Gasteiger partial charge >= 0.3 is 0 Å². The summed E-state index contributed by atoms with van der Waals surface area (Å²) in [6.07, 6.45) is 4.24. The highest BCUT2D eigenvalue weighted by Gasteiger charge is 2.05. The van der Waals surface area contributed by atoms with Crippen LogP contribution < -0.4 is 5.32 Å². The van der Waals surface area contributed by atoms with Gasteiger partial charge in [0, 0.05) is 6.54 Å². The van der Waals surface area contributed by atoms with E-state index in [1.54, 1.807) is 11.8 Å². The van der Waals surface area contributed by atoms with Gasteiger partial charge in [-0.25, -0.2) is 0 Å². The van der Waals surface area contributed by atoms with Gasteiger partial charge in [0.1, 0.15) is 0 Å². The zero-order valence-electron chi connectivity index (χ0n) is 8.22. The van der Waals surface area contributed by atoms with Crippen molar-refractivity contribution >= 4 is 17.7 Å². The molecule has 0 aliphatic rings. The minimum atomic E-state index is 0.161. The number of hydrogen-bond acceptors (Lipinski definition) is 2. The molecule has 1 amide bonds. The molecule has 0 rings (SSSR count). The van der Waals surface area contributed by atoms with Crippen LogP contribution in [0.3, 0.4) is 0 Å². The van der Waals surface area contributed by atoms with Crippen LogP contribution in [0.2, 0.25) is 0 Å². The Kier molecular flexibility index (Phi) is 7.36. The summed E-state index contributed by atoms with van der Waals surface area (Å²) in [6.45, 7) is 5.16. The Balaban J connectivity index is 3.44. The summed E-state index contributed by atoms with van der Waals surface area (Å²) in [4.78, 5) is 11.0. The summed E-state index contributed by atoms with van der Waals surface area (Å²) in [6, 6.07) is 0. The molecule has 0 saturated heterocycles. The monoisotopic (exact) mass is 189 g/mol. The molecule has 0 aromatic heterocycles. The molecule has 0 heterocycles. The quantitative estimate of drug-likeness (QED) is 0.691. The van der Waals surface area contributed by atoms with Crippen LogP contribution in [-0.2, 0) is 4.79 Å². The van der Waals surface area contributed by atoms with Gasteiger partial charge in [0.05, 0.1) is 5.75 Å². The average Bonchev–Trinajstić information content (AvgIpc) is 2.07. The molecule has 0 aromatic rings. The number of amides is 1. The Morgan fingerprint density at radius 1 is 1.42 bits per heavy atom. The third-order valence-corrected chi connectivity index (χ3v) is 2.57. The van der Waals surface area contributed by atoms with Crippen molar-refractivity contribution in [1.82, 2.24) is 5.32 Å². The van der Waals surface area contributed by atoms with E-state index in [1.165, 1.54) is 0 Å². The van der Waals surface area contributed by atoms with E-state index in [1.807, 2.05) is 6.26 Å². The normalized spacial score (nSPS) is 10.3. The fourth-order valence-electron chi connectivity index (χ4n) is 1.02. The van der Waals surface area contributed by atoms with Crippen molar-refractivity contribution in [3.8, 4) is 0 Å². The summed E-state index contributed by atoms with van der Waals surface area (Å²) in [7, 11) is 0. The second-order valence-electron chi connectivity index (χ2n) is 2.92. The molecule has 0 bridgehead atoms. The van der Waals surface area contributed by atoms with Crippen molar-refractivity contribution < 1.29 is 4.79 Å². The highest BCUT2D eigenvalue weighted by Crippen LogP contribution is 2.05. The zero-order chi connectivity index (χ0) is 9.40. The summed E-state index contributed by atoms with van der Waals surface area (Å²) < 4.78 is 0. The summed E-state index contributed by atoms with van der Waals surface area (Å²) in [5.74, 6) is 1.39. The van der Waals surface area contributed by atoms with Crippen LogP contribution in [0.5, 0.6) is 0 Å². The van der Waals surface area contributed by atoms with Crippen molar-refractivity contribution in [2.75, 3.05) is 18.6 Å². The lowest BCUT2D eigenvalue weighted by molar-refractivity contribution is -0.118. The molecule has 3 heteroatoms. The van der Waals surface area contributed by atoms with Gasteiger partial charge in [-0.1, -0.05) is 26.7 Å². The molecule has 0 aliphatic carbocycles. The molecule has 0 radical (unpaired) electrons. The number of carbonyl (C=O) groups is 1. The van der Waals surface area contributed by atoms with Crippen LogP contribution >= 0.6 is 11.8 Å². The minimum absolute atomic E-state index is 0.161. The summed E-state index contributed by atoms with van der Waals surface area (Å²) in [5.41, 5.74) is 0. The van der Waals surface area contributed by atoms with Crippen LogP contribution in [0.25, 0.3) is 0 Å². The van der Waals surface area contributed by atoms with Gasteiger partial charge in [0.2, 0.25) is 5.91 Å². The topological polar surface area (TPSA) is 29.1 Å². The third kappa shape index (κ3) is 5.47. The Morgan fingerprint density at radius 3 is 2.42 bits per heavy atom. The molecule has 72 valence electrons. The standard InChI is InChI=1S/C9H19NOS/c1-4-8(5-2)6-10-9(11)7-12-3/h8H,4-7H2,1-3H3,(H,10,11). The van der Waals surface area contributed by atoms with Gasteiger partial charge in [-0.3, -0.25) is 4.79 Å². The average molecular weight is 189 g/mol. The lowest BCUT2D eigenvalue weighted by Gasteiger charge is -2.12. The molecule has 0 aliphatic heterocycles. The zero-order valence-corrected chi connectivity index (χ0v) is 9.04. The first kappa shape index (κ1) is 11.8. The Bertz CT molecular complexity index is 124. The SMILES string of the molecule is CCC(CC)CNC(=O)CSC. The van der Waals surface area contributed by atoms with Crippen molar-refractivity contribution in [3.63, 3.8) is 0 Å². The van der Waals surface area contributed by atoms with E-state index in [2.05, 4.69) is 19.2 Å². The van der Waals surface area contributed by atoms with Gasteiger partial charge in [-0.15, -0.1) is 0 Å². The molecule has 0 spiro atoms. The molecule has 0 fully saturated rings. The third-order valence-electron chi connectivity index (χ3n) is 2.02. The van der Waals surface area contributed by atoms with Crippen molar-refractivity contribution in [1.29, 1.82) is 0 Å². The van der Waals surface area contributed by atoms with Crippen molar-refractivity contribution in [2.45, 2.75) is 26.7 Å². The minimum Gasteiger partial charge on any atom is -0.355 e. The Morgan fingerprint density at radius 2 is 2.00 bits per heavy atom. The van der Waals surface area contributed by atoms with Crippen LogP contribution in [-0.4, -0.2) is 24.5 Å². The lowest BCUT2D eigenvalue weighted by Crippen LogP contribution is -2.30. The van der Waals surface area contributed by atoms with E-state index in [0.29, 0.717) is 11.7 Å². The molecule has 0 unspecified atom stereocenters. The van der Waals surface area contributed by atoms with Gasteiger partial charge in [-0.05, 0) is 12.2 Å². The molecule has 2 nitrogen and oxygen atoms in total. The van der Waals surface area contributed by atoms with Crippen LogP contribution in [0.15, 0.2) is 0 Å². The van der Waals surface area contributed by atoms with Crippen LogP contribution in [0.4, 0.5) is 0 Å². The van der Waals surface area contributed by atoms with E-state index < -0.39 is 0 Å². The van der Waals surface area contributed by atoms with Crippen LogP contribution in [0.1, 0.15) is 26.7 Å². The number of hydrogen-bond donors (Lipinski definition) is 1. The first-order valence-corrected chi connectivity index (χ1v) is 5.89. The van der Waals surface area contributed by atoms with Gasteiger partial charge in [0.15, 0.2) is 0 Å². The van der Waals surface area contributed by atoms with E-state index >= 15 is 0 Å². The number of thioether (sulfide) groups is 1. The number of carbonyl (C=O) groups excluding carboxylic acids is 1. The highest BCUT2D eigenvalue weighted by molar-refractivity contribution is 7.99. The van der Waals surface area contributed by atoms with E-state index in [9.17, 15) is 4.79 Å². The first-order chi connectivity index (χ1) is 5.74. The molecule has 12 heavy (non-hydrogen) atoms.